The minimum atomic E-state index is 0.459. The van der Waals surface area contributed by atoms with Crippen LogP contribution in [0.4, 0.5) is 0 Å². The van der Waals surface area contributed by atoms with Gasteiger partial charge in [0.15, 0.2) is 0 Å². The summed E-state index contributed by atoms with van der Waals surface area (Å²) in [4.78, 5) is 0. The van der Waals surface area contributed by atoms with Gasteiger partial charge in [-0.3, -0.25) is 0 Å². The van der Waals surface area contributed by atoms with Gasteiger partial charge in [0.1, 0.15) is 5.75 Å². The zero-order chi connectivity index (χ0) is 12.5. The van der Waals surface area contributed by atoms with Crippen LogP contribution in [0.25, 0.3) is 0 Å². The number of methoxy groups -OCH3 is 1. The molecule has 0 radical (unpaired) electrons. The summed E-state index contributed by atoms with van der Waals surface area (Å²) in [6, 6.07) is 8.94. The van der Waals surface area contributed by atoms with Gasteiger partial charge in [-0.1, -0.05) is 18.2 Å². The maximum atomic E-state index is 5.54. The average Bonchev–Trinajstić information content (AvgIpc) is 3.29. The molecular formula is C16H23NO. The molecule has 18 heavy (non-hydrogen) atoms. The van der Waals surface area contributed by atoms with Crippen LogP contribution in [0.15, 0.2) is 24.3 Å². The van der Waals surface area contributed by atoms with E-state index in [-0.39, 0.29) is 0 Å². The van der Waals surface area contributed by atoms with Gasteiger partial charge in [0, 0.05) is 11.6 Å². The normalized spacial score (nSPS) is 21.1. The number of rotatable bonds is 6. The molecule has 2 aliphatic rings. The molecule has 3 rings (SSSR count). The summed E-state index contributed by atoms with van der Waals surface area (Å²) in [5.41, 5.74) is 1.34. The van der Waals surface area contributed by atoms with Crippen molar-refractivity contribution in [1.82, 2.24) is 5.32 Å². The van der Waals surface area contributed by atoms with Gasteiger partial charge in [-0.2, -0.15) is 0 Å². The molecule has 1 aromatic rings. The van der Waals surface area contributed by atoms with E-state index in [9.17, 15) is 0 Å². The van der Waals surface area contributed by atoms with Crippen molar-refractivity contribution in [3.05, 3.63) is 29.8 Å². The first-order valence-corrected chi connectivity index (χ1v) is 7.15. The minimum absolute atomic E-state index is 0.459. The topological polar surface area (TPSA) is 21.3 Å². The Morgan fingerprint density at radius 1 is 1.11 bits per heavy atom. The van der Waals surface area contributed by atoms with Crippen molar-refractivity contribution in [3.8, 4) is 5.75 Å². The van der Waals surface area contributed by atoms with Gasteiger partial charge in [-0.05, 0) is 56.6 Å². The number of hydrogen-bond acceptors (Lipinski definition) is 2. The second-order valence-electron chi connectivity index (χ2n) is 5.76. The standard InChI is InChI=1S/C16H23NO/c1-17-16(13-5-3-4-6-14(13)18-2)15(11-7-8-11)12-9-10-12/h3-6,11-12,15-17H,7-10H2,1-2H3. The van der Waals surface area contributed by atoms with Crippen molar-refractivity contribution in [2.24, 2.45) is 17.8 Å². The molecule has 0 bridgehead atoms. The minimum Gasteiger partial charge on any atom is -0.496 e. The Kier molecular flexibility index (Phi) is 3.29. The molecule has 98 valence electrons. The predicted octanol–water partition coefficient (Wildman–Crippen LogP) is 3.39. The van der Waals surface area contributed by atoms with Crippen molar-refractivity contribution in [2.45, 2.75) is 31.7 Å². The first kappa shape index (κ1) is 12.0. The van der Waals surface area contributed by atoms with E-state index in [2.05, 4.69) is 36.6 Å². The molecule has 1 unspecified atom stereocenters. The lowest BCUT2D eigenvalue weighted by Gasteiger charge is -2.28. The third kappa shape index (κ3) is 2.26. The molecule has 2 aliphatic carbocycles. The number of benzene rings is 1. The van der Waals surface area contributed by atoms with Crippen LogP contribution in [0.3, 0.4) is 0 Å². The van der Waals surface area contributed by atoms with Crippen LogP contribution in [0.1, 0.15) is 37.3 Å². The summed E-state index contributed by atoms with van der Waals surface area (Å²) in [7, 11) is 3.86. The number of para-hydroxylation sites is 1. The lowest BCUT2D eigenvalue weighted by molar-refractivity contribution is 0.291. The molecule has 0 aromatic heterocycles. The van der Waals surface area contributed by atoms with Gasteiger partial charge in [0.2, 0.25) is 0 Å². The van der Waals surface area contributed by atoms with Crippen molar-refractivity contribution >= 4 is 0 Å². The SMILES string of the molecule is CNC(c1ccccc1OC)C(C1CC1)C1CC1. The number of hydrogen-bond donors (Lipinski definition) is 1. The Balaban J connectivity index is 1.89. The third-order valence-electron chi connectivity index (χ3n) is 4.50. The van der Waals surface area contributed by atoms with E-state index < -0.39 is 0 Å². The monoisotopic (exact) mass is 245 g/mol. The maximum absolute atomic E-state index is 5.54. The van der Waals surface area contributed by atoms with Crippen LogP contribution in [0.5, 0.6) is 5.75 Å². The fourth-order valence-corrected chi connectivity index (χ4v) is 3.37. The lowest BCUT2D eigenvalue weighted by atomic mass is 9.85. The summed E-state index contributed by atoms with van der Waals surface area (Å²) in [5, 5.41) is 3.56. The van der Waals surface area contributed by atoms with Gasteiger partial charge in [0.25, 0.3) is 0 Å². The first-order valence-electron chi connectivity index (χ1n) is 7.15. The Morgan fingerprint density at radius 2 is 1.72 bits per heavy atom. The van der Waals surface area contributed by atoms with Gasteiger partial charge in [0.05, 0.1) is 7.11 Å². The van der Waals surface area contributed by atoms with E-state index in [1.165, 1.54) is 31.2 Å². The van der Waals surface area contributed by atoms with Crippen LogP contribution < -0.4 is 10.1 Å². The quantitative estimate of drug-likeness (QED) is 0.829. The molecule has 2 fully saturated rings. The summed E-state index contributed by atoms with van der Waals surface area (Å²) < 4.78 is 5.54. The Hall–Kier alpha value is -1.02. The van der Waals surface area contributed by atoms with E-state index >= 15 is 0 Å². The highest BCUT2D eigenvalue weighted by atomic mass is 16.5. The zero-order valence-corrected chi connectivity index (χ0v) is 11.4. The predicted molar refractivity (Wildman–Crippen MR) is 73.7 cm³/mol. The summed E-state index contributed by atoms with van der Waals surface area (Å²) >= 11 is 0. The van der Waals surface area contributed by atoms with Crippen LogP contribution >= 0.6 is 0 Å². The molecule has 0 amide bonds. The molecule has 1 atom stereocenters. The summed E-state index contributed by atoms with van der Waals surface area (Å²) in [6.07, 6.45) is 5.70. The largest absolute Gasteiger partial charge is 0.496 e. The number of ether oxygens (including phenoxy) is 1. The molecule has 0 spiro atoms. The Labute approximate surface area is 110 Å². The Morgan fingerprint density at radius 3 is 2.22 bits per heavy atom. The number of nitrogens with one attached hydrogen (secondary N) is 1. The lowest BCUT2D eigenvalue weighted by Crippen LogP contribution is -2.28. The van der Waals surface area contributed by atoms with Crippen LogP contribution in [-0.2, 0) is 0 Å². The smallest absolute Gasteiger partial charge is 0.123 e. The van der Waals surface area contributed by atoms with Crippen LogP contribution in [-0.4, -0.2) is 14.2 Å². The Bertz CT molecular complexity index is 397. The highest BCUT2D eigenvalue weighted by Crippen LogP contribution is 2.54. The van der Waals surface area contributed by atoms with Crippen molar-refractivity contribution < 1.29 is 4.74 Å². The van der Waals surface area contributed by atoms with Crippen molar-refractivity contribution in [3.63, 3.8) is 0 Å². The third-order valence-corrected chi connectivity index (χ3v) is 4.50. The molecule has 2 nitrogen and oxygen atoms in total. The van der Waals surface area contributed by atoms with E-state index in [4.69, 9.17) is 4.74 Å². The zero-order valence-electron chi connectivity index (χ0n) is 11.4. The molecule has 0 saturated heterocycles. The van der Waals surface area contributed by atoms with E-state index in [0.29, 0.717) is 6.04 Å². The second kappa shape index (κ2) is 4.93. The molecule has 2 saturated carbocycles. The molecule has 1 N–H and O–H groups in total. The fraction of sp³-hybridized carbons (Fsp3) is 0.625. The molecular weight excluding hydrogens is 222 g/mol. The average molecular weight is 245 g/mol. The van der Waals surface area contributed by atoms with E-state index in [1.54, 1.807) is 7.11 Å². The first-order chi connectivity index (χ1) is 8.85. The summed E-state index contributed by atoms with van der Waals surface area (Å²) in [5.74, 6) is 3.73. The van der Waals surface area contributed by atoms with Gasteiger partial charge < -0.3 is 10.1 Å². The van der Waals surface area contributed by atoms with Crippen molar-refractivity contribution in [1.29, 1.82) is 0 Å². The van der Waals surface area contributed by atoms with Crippen molar-refractivity contribution in [2.75, 3.05) is 14.2 Å². The van der Waals surface area contributed by atoms with Crippen LogP contribution in [0, 0.1) is 17.8 Å². The van der Waals surface area contributed by atoms with Crippen LogP contribution in [0.2, 0.25) is 0 Å². The van der Waals surface area contributed by atoms with Gasteiger partial charge >= 0.3 is 0 Å². The highest BCUT2D eigenvalue weighted by Gasteiger charge is 2.45. The highest BCUT2D eigenvalue weighted by molar-refractivity contribution is 5.36. The molecule has 2 heteroatoms. The maximum Gasteiger partial charge on any atom is 0.123 e. The molecule has 1 aromatic carbocycles. The van der Waals surface area contributed by atoms with E-state index in [0.717, 1.165) is 23.5 Å². The molecule has 0 aliphatic heterocycles. The van der Waals surface area contributed by atoms with Gasteiger partial charge in [-0.15, -0.1) is 0 Å². The second-order valence-corrected chi connectivity index (χ2v) is 5.76. The van der Waals surface area contributed by atoms with E-state index in [1.807, 2.05) is 0 Å². The summed E-state index contributed by atoms with van der Waals surface area (Å²) in [6.45, 7) is 0. The fourth-order valence-electron chi connectivity index (χ4n) is 3.37. The van der Waals surface area contributed by atoms with Gasteiger partial charge in [-0.25, -0.2) is 0 Å². The molecule has 0 heterocycles.